The van der Waals surface area contributed by atoms with Crippen molar-refractivity contribution in [3.05, 3.63) is 41.5 Å². The maximum absolute atomic E-state index is 12.6. The summed E-state index contributed by atoms with van der Waals surface area (Å²) >= 11 is 0. The molecule has 0 saturated carbocycles. The molecule has 0 unspecified atom stereocenters. The lowest BCUT2D eigenvalue weighted by molar-refractivity contribution is -0.156. The highest BCUT2D eigenvalue weighted by Gasteiger charge is 2.36. The summed E-state index contributed by atoms with van der Waals surface area (Å²) < 4.78 is 28.4. The maximum Gasteiger partial charge on any atom is 0.331 e. The van der Waals surface area contributed by atoms with Crippen LogP contribution in [0.5, 0.6) is 0 Å². The molecule has 2 rings (SSSR count). The molecule has 7 nitrogen and oxygen atoms in total. The number of carbonyl (C=O) groups excluding carboxylic acids is 2. The highest BCUT2D eigenvalue weighted by atomic mass is 32.2. The Morgan fingerprint density at radius 3 is 2.56 bits per heavy atom. The van der Waals surface area contributed by atoms with Crippen LogP contribution in [0, 0.1) is 11.3 Å². The number of esters is 1. The van der Waals surface area contributed by atoms with Crippen molar-refractivity contribution >= 4 is 27.8 Å². The van der Waals surface area contributed by atoms with E-state index in [-0.39, 0.29) is 17.5 Å². The number of likely N-dealkylation sites (N-methyl/N-ethyl adjacent to an activating group) is 1. The number of nitriles is 1. The monoisotopic (exact) mass is 390 g/mol. The van der Waals surface area contributed by atoms with E-state index in [2.05, 4.69) is 0 Å². The van der Waals surface area contributed by atoms with Crippen LogP contribution >= 0.6 is 0 Å². The average Bonchev–Trinajstić information content (AvgIpc) is 3.00. The highest BCUT2D eigenvalue weighted by Crippen LogP contribution is 2.19. The lowest BCUT2D eigenvalue weighted by Crippen LogP contribution is -2.46. The van der Waals surface area contributed by atoms with Crippen molar-refractivity contribution in [3.63, 3.8) is 0 Å². The van der Waals surface area contributed by atoms with Crippen LogP contribution in [0.15, 0.2) is 30.3 Å². The predicted octanol–water partition coefficient (Wildman–Crippen LogP) is 1.54. The van der Waals surface area contributed by atoms with E-state index in [1.165, 1.54) is 24.0 Å². The van der Waals surface area contributed by atoms with E-state index in [4.69, 9.17) is 10.00 Å². The standard InChI is InChI=1S/C19H22N2O5S/c1-3-21(17-10-11-27(24,25)13-17)19(23)14(2)26-18(22)9-8-15-4-6-16(12-20)7-5-15/h4-9,14,17H,3,10-11,13H2,1-2H3/b9-8+/t14-,17+/m1/s1. The van der Waals surface area contributed by atoms with Gasteiger partial charge in [0.15, 0.2) is 15.9 Å². The Morgan fingerprint density at radius 2 is 2.04 bits per heavy atom. The first-order valence-electron chi connectivity index (χ1n) is 8.65. The number of amides is 1. The first kappa shape index (κ1) is 20.6. The van der Waals surface area contributed by atoms with Gasteiger partial charge in [0.25, 0.3) is 5.91 Å². The second-order valence-corrected chi connectivity index (χ2v) is 8.56. The summed E-state index contributed by atoms with van der Waals surface area (Å²) in [6, 6.07) is 8.28. The summed E-state index contributed by atoms with van der Waals surface area (Å²) in [5, 5.41) is 8.76. The Morgan fingerprint density at radius 1 is 1.37 bits per heavy atom. The Hall–Kier alpha value is -2.66. The van der Waals surface area contributed by atoms with Gasteiger partial charge in [0.2, 0.25) is 0 Å². The molecule has 0 radical (unpaired) electrons. The summed E-state index contributed by atoms with van der Waals surface area (Å²) in [5.41, 5.74) is 1.24. The number of ether oxygens (including phenoxy) is 1. The molecule has 0 bridgehead atoms. The van der Waals surface area contributed by atoms with Crippen molar-refractivity contribution in [1.29, 1.82) is 5.26 Å². The van der Waals surface area contributed by atoms with Crippen LogP contribution in [-0.4, -0.2) is 55.4 Å². The zero-order valence-corrected chi connectivity index (χ0v) is 16.1. The van der Waals surface area contributed by atoms with Gasteiger partial charge in [-0.05, 0) is 44.0 Å². The molecule has 1 fully saturated rings. The number of hydrogen-bond donors (Lipinski definition) is 0. The fraction of sp³-hybridized carbons (Fsp3) is 0.421. The van der Waals surface area contributed by atoms with Gasteiger partial charge in [0.1, 0.15) is 0 Å². The van der Waals surface area contributed by atoms with Crippen molar-refractivity contribution in [2.24, 2.45) is 0 Å². The third kappa shape index (κ3) is 5.66. The van der Waals surface area contributed by atoms with Crippen LogP contribution in [0.2, 0.25) is 0 Å². The van der Waals surface area contributed by atoms with Crippen LogP contribution in [0.25, 0.3) is 6.08 Å². The van der Waals surface area contributed by atoms with Crippen molar-refractivity contribution < 1.29 is 22.7 Å². The van der Waals surface area contributed by atoms with Gasteiger partial charge in [-0.15, -0.1) is 0 Å². The van der Waals surface area contributed by atoms with E-state index in [0.29, 0.717) is 18.5 Å². The SMILES string of the molecule is CCN(C(=O)[C@@H](C)OC(=O)/C=C/c1ccc(C#N)cc1)[C@H]1CCS(=O)(=O)C1. The number of sulfone groups is 1. The normalized spacial score (nSPS) is 19.4. The minimum absolute atomic E-state index is 0.0498. The lowest BCUT2D eigenvalue weighted by Gasteiger charge is -2.29. The molecule has 8 heteroatoms. The summed E-state index contributed by atoms with van der Waals surface area (Å²) in [4.78, 5) is 26.0. The molecular weight excluding hydrogens is 368 g/mol. The van der Waals surface area contributed by atoms with Crippen molar-refractivity contribution in [2.75, 3.05) is 18.1 Å². The zero-order chi connectivity index (χ0) is 20.0. The topological polar surface area (TPSA) is 105 Å². The van der Waals surface area contributed by atoms with Gasteiger partial charge in [-0.3, -0.25) is 4.79 Å². The number of hydrogen-bond acceptors (Lipinski definition) is 6. The molecule has 2 atom stereocenters. The van der Waals surface area contributed by atoms with Crippen molar-refractivity contribution in [2.45, 2.75) is 32.4 Å². The first-order chi connectivity index (χ1) is 12.8. The van der Waals surface area contributed by atoms with E-state index in [9.17, 15) is 18.0 Å². The molecule has 0 aliphatic carbocycles. The van der Waals surface area contributed by atoms with Crippen molar-refractivity contribution in [3.8, 4) is 6.07 Å². The van der Waals surface area contributed by atoms with Crippen LogP contribution in [0.1, 0.15) is 31.4 Å². The molecule has 1 heterocycles. The Labute approximate surface area is 159 Å². The van der Waals surface area contributed by atoms with E-state index in [1.807, 2.05) is 6.07 Å². The molecule has 1 amide bonds. The molecule has 1 aromatic rings. The summed E-state index contributed by atoms with van der Waals surface area (Å²) in [6.45, 7) is 3.59. The molecular formula is C19H22N2O5S. The van der Waals surface area contributed by atoms with Crippen LogP contribution in [0.3, 0.4) is 0 Å². The number of benzene rings is 1. The molecule has 0 aromatic heterocycles. The van der Waals surface area contributed by atoms with Gasteiger partial charge < -0.3 is 9.64 Å². The molecule has 1 aromatic carbocycles. The predicted molar refractivity (Wildman–Crippen MR) is 100 cm³/mol. The minimum Gasteiger partial charge on any atom is -0.449 e. The van der Waals surface area contributed by atoms with Gasteiger partial charge in [-0.25, -0.2) is 13.2 Å². The molecule has 1 saturated heterocycles. The largest absolute Gasteiger partial charge is 0.449 e. The molecule has 0 N–H and O–H groups in total. The Balaban J connectivity index is 1.94. The fourth-order valence-corrected chi connectivity index (χ4v) is 4.68. The van der Waals surface area contributed by atoms with Gasteiger partial charge in [0.05, 0.1) is 23.1 Å². The zero-order valence-electron chi connectivity index (χ0n) is 15.3. The average molecular weight is 390 g/mol. The van der Waals surface area contributed by atoms with E-state index < -0.39 is 27.8 Å². The Kier molecular flexibility index (Phi) is 6.75. The smallest absolute Gasteiger partial charge is 0.331 e. The van der Waals surface area contributed by atoms with Gasteiger partial charge in [-0.1, -0.05) is 12.1 Å². The molecule has 144 valence electrons. The third-order valence-electron chi connectivity index (χ3n) is 4.37. The number of carbonyl (C=O) groups is 2. The number of rotatable bonds is 6. The summed E-state index contributed by atoms with van der Waals surface area (Å²) in [5.74, 6) is -1.05. The van der Waals surface area contributed by atoms with Gasteiger partial charge in [0, 0.05) is 18.7 Å². The van der Waals surface area contributed by atoms with E-state index in [0.717, 1.165) is 5.56 Å². The van der Waals surface area contributed by atoms with E-state index in [1.54, 1.807) is 31.2 Å². The summed E-state index contributed by atoms with van der Waals surface area (Å²) in [6.07, 6.45) is 2.14. The second-order valence-electron chi connectivity index (χ2n) is 6.33. The quantitative estimate of drug-likeness (QED) is 0.539. The van der Waals surface area contributed by atoms with Crippen LogP contribution in [-0.2, 0) is 24.2 Å². The molecule has 1 aliphatic heterocycles. The Bertz CT molecular complexity index is 868. The fourth-order valence-electron chi connectivity index (χ4n) is 2.95. The van der Waals surface area contributed by atoms with Crippen LogP contribution in [0.4, 0.5) is 0 Å². The highest BCUT2D eigenvalue weighted by molar-refractivity contribution is 7.91. The molecule has 27 heavy (non-hydrogen) atoms. The lowest BCUT2D eigenvalue weighted by atomic mass is 10.1. The minimum atomic E-state index is -3.11. The second kappa shape index (κ2) is 8.82. The van der Waals surface area contributed by atoms with Crippen LogP contribution < -0.4 is 0 Å². The molecule has 1 aliphatic rings. The first-order valence-corrected chi connectivity index (χ1v) is 10.5. The van der Waals surface area contributed by atoms with E-state index >= 15 is 0 Å². The molecule has 0 spiro atoms. The van der Waals surface area contributed by atoms with Crippen molar-refractivity contribution in [1.82, 2.24) is 4.90 Å². The van der Waals surface area contributed by atoms with Gasteiger partial charge in [-0.2, -0.15) is 5.26 Å². The summed E-state index contributed by atoms with van der Waals surface area (Å²) in [7, 11) is -3.11. The maximum atomic E-state index is 12.6. The van der Waals surface area contributed by atoms with Gasteiger partial charge >= 0.3 is 5.97 Å². The number of nitrogens with zero attached hydrogens (tertiary/aromatic N) is 2. The third-order valence-corrected chi connectivity index (χ3v) is 6.12.